The van der Waals surface area contributed by atoms with E-state index in [1.165, 1.54) is 0 Å². The van der Waals surface area contributed by atoms with Crippen molar-refractivity contribution in [2.75, 3.05) is 0 Å². The fourth-order valence-corrected chi connectivity index (χ4v) is 3.29. The van der Waals surface area contributed by atoms with Gasteiger partial charge in [-0.2, -0.15) is 0 Å². The predicted molar refractivity (Wildman–Crippen MR) is 76.5 cm³/mol. The number of carbonyl (C=O) groups is 1. The molecule has 0 aromatic heterocycles. The van der Waals surface area contributed by atoms with Crippen molar-refractivity contribution in [1.82, 2.24) is 0 Å². The van der Waals surface area contributed by atoms with Gasteiger partial charge >= 0.3 is 0 Å². The van der Waals surface area contributed by atoms with E-state index in [1.807, 2.05) is 24.3 Å². The van der Waals surface area contributed by atoms with Crippen LogP contribution in [0.2, 0.25) is 18.1 Å². The lowest BCUT2D eigenvalue weighted by Gasteiger charge is -2.38. The lowest BCUT2D eigenvalue weighted by atomic mass is 10.1. The molecule has 0 heterocycles. The van der Waals surface area contributed by atoms with E-state index >= 15 is 0 Å². The summed E-state index contributed by atoms with van der Waals surface area (Å²) in [5.74, 6) is 0.162. The fraction of sp³-hybridized carbons (Fsp3) is 0.533. The molecule has 0 spiro atoms. The first-order valence-electron chi connectivity index (χ1n) is 6.52. The second-order valence-corrected chi connectivity index (χ2v) is 11.3. The van der Waals surface area contributed by atoms with Crippen LogP contribution in [0.3, 0.4) is 0 Å². The Hall–Kier alpha value is -0.933. The minimum atomic E-state index is -1.87. The molecule has 0 saturated heterocycles. The summed E-state index contributed by atoms with van der Waals surface area (Å²) in [6.07, 6.45) is 0.477. The summed E-state index contributed by atoms with van der Waals surface area (Å²) in [7, 11) is -1.87. The first kappa shape index (κ1) is 13.5. The Bertz CT molecular complexity index is 472. The molecule has 2 nitrogen and oxygen atoms in total. The summed E-state index contributed by atoms with van der Waals surface area (Å²) in [5, 5.41) is 0.141. The van der Waals surface area contributed by atoms with Gasteiger partial charge in [-0.1, -0.05) is 45.0 Å². The van der Waals surface area contributed by atoms with Crippen molar-refractivity contribution in [3.63, 3.8) is 0 Å². The van der Waals surface area contributed by atoms with Crippen LogP contribution in [0.15, 0.2) is 24.3 Å². The highest BCUT2D eigenvalue weighted by Crippen LogP contribution is 2.39. The molecule has 0 saturated carbocycles. The Balaban J connectivity index is 2.18. The van der Waals surface area contributed by atoms with Crippen LogP contribution >= 0.6 is 0 Å². The normalized spacial score (nSPS) is 20.1. The third-order valence-corrected chi connectivity index (χ3v) is 8.71. The number of fused-ring (bicyclic) bond motifs is 1. The van der Waals surface area contributed by atoms with E-state index in [9.17, 15) is 4.79 Å². The van der Waals surface area contributed by atoms with Crippen molar-refractivity contribution in [3.05, 3.63) is 35.4 Å². The average Bonchev–Trinajstić information content (AvgIpc) is 2.54. The van der Waals surface area contributed by atoms with Crippen LogP contribution in [0.4, 0.5) is 0 Å². The first-order valence-corrected chi connectivity index (χ1v) is 9.43. The van der Waals surface area contributed by atoms with E-state index in [2.05, 4.69) is 33.9 Å². The molecule has 0 fully saturated rings. The summed E-state index contributed by atoms with van der Waals surface area (Å²) in [6.45, 7) is 11.0. The molecule has 98 valence electrons. The number of benzene rings is 1. The molecule has 18 heavy (non-hydrogen) atoms. The molecule has 0 unspecified atom stereocenters. The van der Waals surface area contributed by atoms with Crippen LogP contribution in [0.5, 0.6) is 0 Å². The monoisotopic (exact) mass is 262 g/mol. The molecule has 2 rings (SSSR count). The van der Waals surface area contributed by atoms with Crippen molar-refractivity contribution < 1.29 is 9.22 Å². The van der Waals surface area contributed by atoms with Crippen LogP contribution < -0.4 is 0 Å². The summed E-state index contributed by atoms with van der Waals surface area (Å²) in [5.41, 5.74) is 1.98. The highest BCUT2D eigenvalue weighted by molar-refractivity contribution is 6.74. The van der Waals surface area contributed by atoms with E-state index < -0.39 is 8.32 Å². The van der Waals surface area contributed by atoms with Crippen LogP contribution in [-0.2, 0) is 10.8 Å². The van der Waals surface area contributed by atoms with Gasteiger partial charge in [-0.3, -0.25) is 4.79 Å². The number of ketones is 1. The molecule has 0 bridgehead atoms. The Morgan fingerprint density at radius 3 is 2.39 bits per heavy atom. The van der Waals surface area contributed by atoms with Crippen LogP contribution in [0.25, 0.3) is 0 Å². The van der Waals surface area contributed by atoms with Crippen molar-refractivity contribution >= 4 is 14.1 Å². The van der Waals surface area contributed by atoms with Gasteiger partial charge in [-0.25, -0.2) is 0 Å². The minimum Gasteiger partial charge on any atom is -0.406 e. The number of Topliss-reactive ketones (excluding diaryl/α,β-unsaturated/α-hetero) is 1. The van der Waals surface area contributed by atoms with E-state index in [0.717, 1.165) is 17.5 Å². The molecule has 1 aromatic carbocycles. The summed E-state index contributed by atoms with van der Waals surface area (Å²) < 4.78 is 6.25. The van der Waals surface area contributed by atoms with E-state index in [0.29, 0.717) is 0 Å². The lowest BCUT2D eigenvalue weighted by molar-refractivity contribution is 0.0798. The van der Waals surface area contributed by atoms with Crippen LogP contribution in [0, 0.1) is 0 Å². The quantitative estimate of drug-likeness (QED) is 0.757. The molecule has 1 atom stereocenters. The van der Waals surface area contributed by atoms with Gasteiger partial charge in [0.05, 0.1) is 0 Å². The molecular weight excluding hydrogens is 240 g/mol. The standard InChI is InChI=1S/C15H22O2Si/c1-15(2,3)18(4,5)17-13-10-11-8-6-7-9-12(11)14(13)16/h6-9,13H,10H2,1-5H3/t13-/m1/s1. The number of hydrogen-bond donors (Lipinski definition) is 0. The summed E-state index contributed by atoms with van der Waals surface area (Å²) >= 11 is 0. The van der Waals surface area contributed by atoms with Gasteiger partial charge in [-0.15, -0.1) is 0 Å². The maximum Gasteiger partial charge on any atom is 0.193 e. The van der Waals surface area contributed by atoms with Gasteiger partial charge in [0.15, 0.2) is 14.1 Å². The molecule has 1 aliphatic carbocycles. The highest BCUT2D eigenvalue weighted by Gasteiger charge is 2.42. The maximum atomic E-state index is 12.3. The Kier molecular flexibility index (Phi) is 3.24. The van der Waals surface area contributed by atoms with Gasteiger partial charge in [0, 0.05) is 12.0 Å². The predicted octanol–water partition coefficient (Wildman–Crippen LogP) is 3.82. The third kappa shape index (κ3) is 2.29. The van der Waals surface area contributed by atoms with Gasteiger partial charge < -0.3 is 4.43 Å². The molecule has 0 amide bonds. The molecule has 0 aliphatic heterocycles. The minimum absolute atomic E-state index is 0.141. The largest absolute Gasteiger partial charge is 0.406 e. The third-order valence-electron chi connectivity index (χ3n) is 4.22. The van der Waals surface area contributed by atoms with E-state index in [1.54, 1.807) is 0 Å². The maximum absolute atomic E-state index is 12.3. The summed E-state index contributed by atoms with van der Waals surface area (Å²) in [6, 6.07) is 7.85. The zero-order chi connectivity index (χ0) is 13.6. The van der Waals surface area contributed by atoms with Crippen molar-refractivity contribution in [2.24, 2.45) is 0 Å². The average molecular weight is 262 g/mol. The van der Waals surface area contributed by atoms with Gasteiger partial charge in [0.1, 0.15) is 6.10 Å². The zero-order valence-corrected chi connectivity index (χ0v) is 12.9. The second-order valence-electron chi connectivity index (χ2n) is 6.59. The van der Waals surface area contributed by atoms with Crippen molar-refractivity contribution in [3.8, 4) is 0 Å². The second kappa shape index (κ2) is 4.32. The van der Waals surface area contributed by atoms with Gasteiger partial charge in [-0.05, 0) is 23.7 Å². The Labute approximate surface area is 110 Å². The SMILES string of the molecule is CC(C)(C)[Si](C)(C)O[C@@H]1Cc2ccccc2C1=O. The van der Waals surface area contributed by atoms with Crippen LogP contribution in [0.1, 0.15) is 36.7 Å². The molecule has 3 heteroatoms. The molecule has 0 N–H and O–H groups in total. The Morgan fingerprint density at radius 2 is 1.83 bits per heavy atom. The fourth-order valence-electron chi connectivity index (χ4n) is 2.03. The molecule has 1 aliphatic rings. The number of rotatable bonds is 2. The highest BCUT2D eigenvalue weighted by atomic mass is 28.4. The number of carbonyl (C=O) groups excluding carboxylic acids is 1. The first-order chi connectivity index (χ1) is 8.22. The van der Waals surface area contributed by atoms with Crippen molar-refractivity contribution in [1.29, 1.82) is 0 Å². The van der Waals surface area contributed by atoms with Gasteiger partial charge in [0.2, 0.25) is 0 Å². The molecule has 0 radical (unpaired) electrons. The number of hydrogen-bond acceptors (Lipinski definition) is 2. The van der Waals surface area contributed by atoms with Gasteiger partial charge in [0.25, 0.3) is 0 Å². The van der Waals surface area contributed by atoms with E-state index in [4.69, 9.17) is 4.43 Å². The molecule has 1 aromatic rings. The van der Waals surface area contributed by atoms with Crippen molar-refractivity contribution in [2.45, 2.75) is 51.4 Å². The Morgan fingerprint density at radius 1 is 1.22 bits per heavy atom. The summed E-state index contributed by atoms with van der Waals surface area (Å²) in [4.78, 5) is 12.3. The van der Waals surface area contributed by atoms with E-state index in [-0.39, 0.29) is 16.9 Å². The lowest BCUT2D eigenvalue weighted by Crippen LogP contribution is -2.45. The van der Waals surface area contributed by atoms with Crippen LogP contribution in [-0.4, -0.2) is 20.2 Å². The smallest absolute Gasteiger partial charge is 0.193 e. The molecular formula is C15H22O2Si. The zero-order valence-electron chi connectivity index (χ0n) is 11.9. The topological polar surface area (TPSA) is 26.3 Å².